The van der Waals surface area contributed by atoms with Crippen LogP contribution in [0.4, 0.5) is 4.39 Å². The molecule has 4 heteroatoms. The molecular formula is C12H15ClFNO. The first-order valence-corrected chi connectivity index (χ1v) is 5.84. The quantitative estimate of drug-likeness (QED) is 0.862. The average Bonchev–Trinajstić information content (AvgIpc) is 2.29. The van der Waals surface area contributed by atoms with E-state index >= 15 is 0 Å². The summed E-state index contributed by atoms with van der Waals surface area (Å²) in [4.78, 5) is 0. The second-order valence-electron chi connectivity index (χ2n) is 4.05. The summed E-state index contributed by atoms with van der Waals surface area (Å²) < 4.78 is 18.8. The lowest BCUT2D eigenvalue weighted by Gasteiger charge is -2.25. The Morgan fingerprint density at radius 2 is 2.31 bits per heavy atom. The highest BCUT2D eigenvalue weighted by molar-refractivity contribution is 6.30. The molecule has 1 heterocycles. The minimum Gasteiger partial charge on any atom is -0.493 e. The number of ether oxygens (including phenoxy) is 1. The number of hydrogen-bond acceptors (Lipinski definition) is 2. The first-order valence-electron chi connectivity index (χ1n) is 5.46. The normalized spacial score (nSPS) is 20.8. The van der Waals surface area contributed by atoms with Gasteiger partial charge in [-0.05, 0) is 31.5 Å². The summed E-state index contributed by atoms with van der Waals surface area (Å²) in [5.74, 6) is 0.241. The standard InChI is InChI=1S/C12H15ClFNO/c1-16-12-10(5-9(13)6-11(12)14)8-3-2-4-15-7-8/h5-6,8,15H,2-4,7H2,1H3. The molecule has 0 bridgehead atoms. The Morgan fingerprint density at radius 3 is 2.94 bits per heavy atom. The van der Waals surface area contributed by atoms with Crippen molar-refractivity contribution in [2.45, 2.75) is 18.8 Å². The van der Waals surface area contributed by atoms with Gasteiger partial charge < -0.3 is 10.1 Å². The predicted octanol–water partition coefficient (Wildman–Crippen LogP) is 2.95. The van der Waals surface area contributed by atoms with Crippen molar-refractivity contribution in [3.63, 3.8) is 0 Å². The fourth-order valence-corrected chi connectivity index (χ4v) is 2.43. The van der Waals surface area contributed by atoms with E-state index in [0.717, 1.165) is 31.5 Å². The van der Waals surface area contributed by atoms with Crippen molar-refractivity contribution in [2.75, 3.05) is 20.2 Å². The highest BCUT2D eigenvalue weighted by atomic mass is 35.5. The van der Waals surface area contributed by atoms with Gasteiger partial charge in [-0.15, -0.1) is 0 Å². The van der Waals surface area contributed by atoms with Gasteiger partial charge in [0.15, 0.2) is 11.6 Å². The monoisotopic (exact) mass is 243 g/mol. The maximum Gasteiger partial charge on any atom is 0.166 e. The molecule has 2 nitrogen and oxygen atoms in total. The van der Waals surface area contributed by atoms with Gasteiger partial charge in [-0.3, -0.25) is 0 Å². The third-order valence-electron chi connectivity index (χ3n) is 2.98. The van der Waals surface area contributed by atoms with Crippen LogP contribution in [0, 0.1) is 5.82 Å². The number of benzene rings is 1. The summed E-state index contributed by atoms with van der Waals surface area (Å²) in [6.07, 6.45) is 2.14. The van der Waals surface area contributed by atoms with Gasteiger partial charge in [-0.25, -0.2) is 4.39 Å². The predicted molar refractivity (Wildman–Crippen MR) is 62.8 cm³/mol. The Morgan fingerprint density at radius 1 is 1.50 bits per heavy atom. The van der Waals surface area contributed by atoms with E-state index in [9.17, 15) is 4.39 Å². The SMILES string of the molecule is COc1c(F)cc(Cl)cc1C1CCCNC1. The lowest BCUT2D eigenvalue weighted by atomic mass is 9.91. The van der Waals surface area contributed by atoms with Crippen molar-refractivity contribution in [1.82, 2.24) is 5.32 Å². The highest BCUT2D eigenvalue weighted by Crippen LogP contribution is 2.35. The van der Waals surface area contributed by atoms with Crippen LogP contribution in [0.15, 0.2) is 12.1 Å². The zero-order valence-corrected chi connectivity index (χ0v) is 9.98. The molecule has 2 rings (SSSR count). The summed E-state index contributed by atoms with van der Waals surface area (Å²) in [6.45, 7) is 1.89. The number of nitrogens with one attached hydrogen (secondary N) is 1. The molecule has 0 amide bonds. The lowest BCUT2D eigenvalue weighted by Crippen LogP contribution is -2.28. The van der Waals surface area contributed by atoms with Crippen molar-refractivity contribution in [3.05, 3.63) is 28.5 Å². The smallest absolute Gasteiger partial charge is 0.166 e. The Bertz CT molecular complexity index is 378. The molecule has 1 fully saturated rings. The fraction of sp³-hybridized carbons (Fsp3) is 0.500. The van der Waals surface area contributed by atoms with Crippen molar-refractivity contribution in [2.24, 2.45) is 0 Å². The zero-order valence-electron chi connectivity index (χ0n) is 9.22. The molecule has 1 unspecified atom stereocenters. The van der Waals surface area contributed by atoms with Crippen molar-refractivity contribution in [1.29, 1.82) is 0 Å². The number of methoxy groups -OCH3 is 1. The molecule has 1 aliphatic heterocycles. The molecule has 1 atom stereocenters. The van der Waals surface area contributed by atoms with E-state index in [2.05, 4.69) is 5.32 Å². The number of rotatable bonds is 2. The molecule has 1 saturated heterocycles. The Labute approximate surface area is 99.7 Å². The van der Waals surface area contributed by atoms with E-state index in [1.54, 1.807) is 6.07 Å². The summed E-state index contributed by atoms with van der Waals surface area (Å²) in [5.41, 5.74) is 0.875. The van der Waals surface area contributed by atoms with Crippen LogP contribution in [0.25, 0.3) is 0 Å². The molecule has 0 radical (unpaired) electrons. The lowest BCUT2D eigenvalue weighted by molar-refractivity contribution is 0.368. The largest absolute Gasteiger partial charge is 0.493 e. The molecule has 1 aromatic rings. The topological polar surface area (TPSA) is 21.3 Å². The minimum absolute atomic E-state index is 0.289. The summed E-state index contributed by atoms with van der Waals surface area (Å²) in [5, 5.41) is 3.73. The first kappa shape index (κ1) is 11.7. The molecule has 0 aliphatic carbocycles. The van der Waals surface area contributed by atoms with Crippen LogP contribution < -0.4 is 10.1 Å². The molecule has 16 heavy (non-hydrogen) atoms. The molecule has 1 aliphatic rings. The highest BCUT2D eigenvalue weighted by Gasteiger charge is 2.21. The molecule has 1 aromatic carbocycles. The average molecular weight is 244 g/mol. The van der Waals surface area contributed by atoms with Crippen LogP contribution in [0.3, 0.4) is 0 Å². The Kier molecular flexibility index (Phi) is 3.66. The first-order chi connectivity index (χ1) is 7.72. The van der Waals surface area contributed by atoms with Gasteiger partial charge in [-0.2, -0.15) is 0 Å². The fourth-order valence-electron chi connectivity index (χ4n) is 2.22. The second-order valence-corrected chi connectivity index (χ2v) is 4.49. The van der Waals surface area contributed by atoms with E-state index < -0.39 is 0 Å². The zero-order chi connectivity index (χ0) is 11.5. The molecular weight excluding hydrogens is 229 g/mol. The molecule has 0 saturated carbocycles. The second kappa shape index (κ2) is 5.02. The minimum atomic E-state index is -0.379. The van der Waals surface area contributed by atoms with Crippen LogP contribution >= 0.6 is 11.6 Å². The third kappa shape index (κ3) is 2.30. The van der Waals surface area contributed by atoms with Gasteiger partial charge in [0.05, 0.1) is 7.11 Å². The van der Waals surface area contributed by atoms with Gasteiger partial charge in [0.25, 0.3) is 0 Å². The molecule has 0 spiro atoms. The van der Waals surface area contributed by atoms with Gasteiger partial charge in [-0.1, -0.05) is 11.6 Å². The maximum atomic E-state index is 13.6. The van der Waals surface area contributed by atoms with Crippen LogP contribution in [0.5, 0.6) is 5.75 Å². The Balaban J connectivity index is 2.36. The van der Waals surface area contributed by atoms with Crippen LogP contribution in [0.1, 0.15) is 24.3 Å². The summed E-state index contributed by atoms with van der Waals surface area (Å²) in [6, 6.07) is 3.10. The number of halogens is 2. The van der Waals surface area contributed by atoms with E-state index in [4.69, 9.17) is 16.3 Å². The number of hydrogen-bond donors (Lipinski definition) is 1. The van der Waals surface area contributed by atoms with Crippen molar-refractivity contribution in [3.8, 4) is 5.75 Å². The van der Waals surface area contributed by atoms with Gasteiger partial charge >= 0.3 is 0 Å². The maximum absolute atomic E-state index is 13.6. The van der Waals surface area contributed by atoms with E-state index in [-0.39, 0.29) is 11.7 Å². The van der Waals surface area contributed by atoms with Crippen LogP contribution in [0.2, 0.25) is 5.02 Å². The van der Waals surface area contributed by atoms with Crippen LogP contribution in [-0.4, -0.2) is 20.2 Å². The summed E-state index contributed by atoms with van der Waals surface area (Å²) in [7, 11) is 1.49. The summed E-state index contributed by atoms with van der Waals surface area (Å²) >= 11 is 5.88. The van der Waals surface area contributed by atoms with Gasteiger partial charge in [0, 0.05) is 23.0 Å². The molecule has 88 valence electrons. The molecule has 1 N–H and O–H groups in total. The Hall–Kier alpha value is -0.800. The van der Waals surface area contributed by atoms with E-state index in [1.807, 2.05) is 0 Å². The van der Waals surface area contributed by atoms with Gasteiger partial charge in [0.1, 0.15) is 0 Å². The van der Waals surface area contributed by atoms with Gasteiger partial charge in [0.2, 0.25) is 0 Å². The molecule has 0 aromatic heterocycles. The van der Waals surface area contributed by atoms with Crippen LogP contribution in [-0.2, 0) is 0 Å². The van der Waals surface area contributed by atoms with E-state index in [0.29, 0.717) is 10.8 Å². The van der Waals surface area contributed by atoms with Crippen molar-refractivity contribution >= 4 is 11.6 Å². The van der Waals surface area contributed by atoms with Crippen molar-refractivity contribution < 1.29 is 9.13 Å². The van der Waals surface area contributed by atoms with E-state index in [1.165, 1.54) is 13.2 Å². The third-order valence-corrected chi connectivity index (χ3v) is 3.20. The number of piperidine rings is 1.